The minimum absolute atomic E-state index is 0.0169. The van der Waals surface area contributed by atoms with Crippen molar-refractivity contribution in [1.29, 1.82) is 0 Å². The zero-order valence-corrected chi connectivity index (χ0v) is 12.6. The van der Waals surface area contributed by atoms with Crippen LogP contribution in [0.15, 0.2) is 18.2 Å². The van der Waals surface area contributed by atoms with Crippen molar-refractivity contribution in [2.45, 2.75) is 13.5 Å². The molecule has 112 valence electrons. The SMILES string of the molecule is COc1c(CNc2cc([N+](=O)[O-])ccc2Cl)c(C)nn1C. The number of methoxy groups -OCH3 is 1. The molecular formula is C13H15ClN4O3. The highest BCUT2D eigenvalue weighted by molar-refractivity contribution is 6.33. The minimum Gasteiger partial charge on any atom is -0.481 e. The highest BCUT2D eigenvalue weighted by Crippen LogP contribution is 2.28. The number of non-ortho nitro benzene ring substituents is 1. The molecule has 1 aromatic carbocycles. The number of aryl methyl sites for hydroxylation is 2. The fourth-order valence-corrected chi connectivity index (χ4v) is 2.27. The maximum Gasteiger partial charge on any atom is 0.271 e. The monoisotopic (exact) mass is 310 g/mol. The number of anilines is 1. The molecule has 0 bridgehead atoms. The lowest BCUT2D eigenvalue weighted by Gasteiger charge is -2.09. The van der Waals surface area contributed by atoms with E-state index in [1.807, 2.05) is 6.92 Å². The summed E-state index contributed by atoms with van der Waals surface area (Å²) < 4.78 is 6.94. The molecule has 2 aromatic rings. The minimum atomic E-state index is -0.461. The molecule has 8 heteroatoms. The summed E-state index contributed by atoms with van der Waals surface area (Å²) in [6.45, 7) is 2.28. The number of rotatable bonds is 5. The largest absolute Gasteiger partial charge is 0.481 e. The Morgan fingerprint density at radius 3 is 2.86 bits per heavy atom. The van der Waals surface area contributed by atoms with Crippen molar-refractivity contribution < 1.29 is 9.66 Å². The second-order valence-electron chi connectivity index (χ2n) is 4.47. The molecule has 0 aliphatic heterocycles. The van der Waals surface area contributed by atoms with Crippen LogP contribution in [0.4, 0.5) is 11.4 Å². The standard InChI is InChI=1S/C13H15ClN4O3/c1-8-10(13(21-3)17(2)16-8)7-15-12-6-9(18(19)20)4-5-11(12)14/h4-6,15H,7H2,1-3H3. The van der Waals surface area contributed by atoms with Crippen molar-refractivity contribution >= 4 is 23.0 Å². The molecule has 0 atom stereocenters. The van der Waals surface area contributed by atoms with Gasteiger partial charge in [-0.15, -0.1) is 0 Å². The molecule has 0 saturated heterocycles. The maximum atomic E-state index is 10.8. The van der Waals surface area contributed by atoms with Crippen LogP contribution in [0.3, 0.4) is 0 Å². The average molecular weight is 311 g/mol. The van der Waals surface area contributed by atoms with E-state index in [0.717, 1.165) is 11.3 Å². The zero-order chi connectivity index (χ0) is 15.6. The van der Waals surface area contributed by atoms with Crippen LogP contribution in [-0.2, 0) is 13.6 Å². The number of halogens is 1. The van der Waals surface area contributed by atoms with Crippen LogP contribution in [0.2, 0.25) is 5.02 Å². The molecule has 0 unspecified atom stereocenters. The van der Waals surface area contributed by atoms with Gasteiger partial charge in [-0.1, -0.05) is 11.6 Å². The predicted octanol–water partition coefficient (Wildman–Crippen LogP) is 2.91. The van der Waals surface area contributed by atoms with Gasteiger partial charge in [-0.3, -0.25) is 10.1 Å². The van der Waals surface area contributed by atoms with Crippen LogP contribution >= 0.6 is 11.6 Å². The summed E-state index contributed by atoms with van der Waals surface area (Å²) in [6.07, 6.45) is 0. The molecule has 2 rings (SSSR count). The fraction of sp³-hybridized carbons (Fsp3) is 0.308. The summed E-state index contributed by atoms with van der Waals surface area (Å²) in [4.78, 5) is 10.3. The topological polar surface area (TPSA) is 82.2 Å². The molecule has 0 fully saturated rings. The van der Waals surface area contributed by atoms with Crippen molar-refractivity contribution in [2.24, 2.45) is 7.05 Å². The van der Waals surface area contributed by atoms with E-state index in [1.54, 1.807) is 18.8 Å². The van der Waals surface area contributed by atoms with Gasteiger partial charge in [0.25, 0.3) is 5.69 Å². The molecular weight excluding hydrogens is 296 g/mol. The van der Waals surface area contributed by atoms with Gasteiger partial charge < -0.3 is 10.1 Å². The van der Waals surface area contributed by atoms with Gasteiger partial charge in [0.2, 0.25) is 5.88 Å². The predicted molar refractivity (Wildman–Crippen MR) is 79.9 cm³/mol. The summed E-state index contributed by atoms with van der Waals surface area (Å²) in [7, 11) is 3.36. The van der Waals surface area contributed by atoms with Gasteiger partial charge in [-0.2, -0.15) is 5.10 Å². The van der Waals surface area contributed by atoms with E-state index < -0.39 is 4.92 Å². The van der Waals surface area contributed by atoms with Crippen LogP contribution in [0.25, 0.3) is 0 Å². The summed E-state index contributed by atoms with van der Waals surface area (Å²) in [5, 5.41) is 18.6. The maximum absolute atomic E-state index is 10.8. The van der Waals surface area contributed by atoms with E-state index in [0.29, 0.717) is 23.1 Å². The average Bonchev–Trinajstić information content (AvgIpc) is 2.71. The van der Waals surface area contributed by atoms with Crippen LogP contribution < -0.4 is 10.1 Å². The van der Waals surface area contributed by atoms with Gasteiger partial charge >= 0.3 is 0 Å². The van der Waals surface area contributed by atoms with Crippen molar-refractivity contribution in [1.82, 2.24) is 9.78 Å². The Kier molecular flexibility index (Phi) is 4.32. The first-order chi connectivity index (χ1) is 9.93. The molecule has 0 aliphatic carbocycles. The molecule has 0 spiro atoms. The number of hydrogen-bond donors (Lipinski definition) is 1. The molecule has 0 saturated carbocycles. The third-order valence-corrected chi connectivity index (χ3v) is 3.43. The lowest BCUT2D eigenvalue weighted by Crippen LogP contribution is -2.03. The number of hydrogen-bond acceptors (Lipinski definition) is 5. The molecule has 1 N–H and O–H groups in total. The quantitative estimate of drug-likeness (QED) is 0.678. The van der Waals surface area contributed by atoms with Gasteiger partial charge in [0.05, 0.1) is 34.0 Å². The zero-order valence-electron chi connectivity index (χ0n) is 11.9. The van der Waals surface area contributed by atoms with Crippen molar-refractivity contribution in [2.75, 3.05) is 12.4 Å². The van der Waals surface area contributed by atoms with Crippen LogP contribution in [-0.4, -0.2) is 21.8 Å². The highest BCUT2D eigenvalue weighted by atomic mass is 35.5. The summed E-state index contributed by atoms with van der Waals surface area (Å²) in [6, 6.07) is 4.26. The lowest BCUT2D eigenvalue weighted by atomic mass is 10.2. The molecule has 1 heterocycles. The van der Waals surface area contributed by atoms with Crippen LogP contribution in [0.1, 0.15) is 11.3 Å². The van der Waals surface area contributed by atoms with Gasteiger partial charge in [0.1, 0.15) is 0 Å². The van der Waals surface area contributed by atoms with E-state index in [2.05, 4.69) is 10.4 Å². The third kappa shape index (κ3) is 3.08. The van der Waals surface area contributed by atoms with Crippen molar-refractivity contribution in [3.8, 4) is 5.88 Å². The third-order valence-electron chi connectivity index (χ3n) is 3.10. The number of nitro groups is 1. The first kappa shape index (κ1) is 15.1. The number of nitrogens with zero attached hydrogens (tertiary/aromatic N) is 3. The fourth-order valence-electron chi connectivity index (χ4n) is 2.09. The molecule has 21 heavy (non-hydrogen) atoms. The summed E-state index contributed by atoms with van der Waals surface area (Å²) in [5.74, 6) is 0.640. The second-order valence-corrected chi connectivity index (χ2v) is 4.88. The second kappa shape index (κ2) is 6.01. The van der Waals surface area contributed by atoms with Crippen LogP contribution in [0.5, 0.6) is 5.88 Å². The number of benzene rings is 1. The number of nitrogens with one attached hydrogen (secondary N) is 1. The summed E-state index contributed by atoms with van der Waals surface area (Å²) >= 11 is 6.05. The Bertz CT molecular complexity index is 684. The number of ether oxygens (including phenoxy) is 1. The molecule has 0 amide bonds. The van der Waals surface area contributed by atoms with E-state index >= 15 is 0 Å². The molecule has 0 aliphatic rings. The molecule has 7 nitrogen and oxygen atoms in total. The van der Waals surface area contributed by atoms with Gasteiger partial charge in [0, 0.05) is 25.7 Å². The number of aromatic nitrogens is 2. The van der Waals surface area contributed by atoms with Gasteiger partial charge in [-0.05, 0) is 13.0 Å². The number of nitro benzene ring substituents is 1. The first-order valence-electron chi connectivity index (χ1n) is 6.18. The van der Waals surface area contributed by atoms with E-state index in [1.165, 1.54) is 18.2 Å². The van der Waals surface area contributed by atoms with E-state index in [9.17, 15) is 10.1 Å². The Hall–Kier alpha value is -2.28. The smallest absolute Gasteiger partial charge is 0.271 e. The lowest BCUT2D eigenvalue weighted by molar-refractivity contribution is -0.384. The highest BCUT2D eigenvalue weighted by Gasteiger charge is 2.15. The molecule has 0 radical (unpaired) electrons. The normalized spacial score (nSPS) is 10.5. The molecule has 1 aromatic heterocycles. The first-order valence-corrected chi connectivity index (χ1v) is 6.56. The van der Waals surface area contributed by atoms with Gasteiger partial charge in [0.15, 0.2) is 0 Å². The Balaban J connectivity index is 2.24. The van der Waals surface area contributed by atoms with Crippen molar-refractivity contribution in [3.63, 3.8) is 0 Å². The Morgan fingerprint density at radius 2 is 2.24 bits per heavy atom. The van der Waals surface area contributed by atoms with Crippen LogP contribution in [0, 0.1) is 17.0 Å². The van der Waals surface area contributed by atoms with E-state index in [4.69, 9.17) is 16.3 Å². The summed E-state index contributed by atoms with van der Waals surface area (Å²) in [5.41, 5.74) is 2.18. The Labute approximate surface area is 126 Å². The van der Waals surface area contributed by atoms with Gasteiger partial charge in [-0.25, -0.2) is 4.68 Å². The Morgan fingerprint density at radius 1 is 1.52 bits per heavy atom. The van der Waals surface area contributed by atoms with Crippen molar-refractivity contribution in [3.05, 3.63) is 44.6 Å². The van der Waals surface area contributed by atoms with E-state index in [-0.39, 0.29) is 5.69 Å².